The lowest BCUT2D eigenvalue weighted by Crippen LogP contribution is -2.29. The largest absolute Gasteiger partial charge is 0.508 e. The molecule has 0 aliphatic carbocycles. The Morgan fingerprint density at radius 2 is 1.80 bits per heavy atom. The quantitative estimate of drug-likeness (QED) is 0.703. The van der Waals surface area contributed by atoms with Gasteiger partial charge in [0.15, 0.2) is 5.75 Å². The molecule has 1 amide bonds. The summed E-state index contributed by atoms with van der Waals surface area (Å²) in [6.45, 7) is 1.38. The second-order valence-electron chi connectivity index (χ2n) is 5.09. The van der Waals surface area contributed by atoms with E-state index in [2.05, 4.69) is 5.32 Å². The number of phenolic OH excluding ortho intramolecular Hbond substituents is 1. The number of phenols is 1. The number of carboxylic acids is 1. The molecule has 132 valence electrons. The van der Waals surface area contributed by atoms with Gasteiger partial charge in [0.05, 0.1) is 10.0 Å². The number of carbonyl (C=O) groups excluding carboxylic acids is 1. The molecule has 0 aromatic heterocycles. The van der Waals surface area contributed by atoms with Crippen LogP contribution in [-0.4, -0.2) is 28.6 Å². The molecular formula is C17H15Cl2NO5. The number of hydrogen-bond acceptors (Lipinski definition) is 4. The highest BCUT2D eigenvalue weighted by atomic mass is 35.5. The van der Waals surface area contributed by atoms with Crippen LogP contribution in [0.2, 0.25) is 10.0 Å². The highest BCUT2D eigenvalue weighted by molar-refractivity contribution is 6.37. The Bertz CT molecular complexity index is 800. The number of ether oxygens (including phenoxy) is 1. The average Bonchev–Trinajstić information content (AvgIpc) is 2.57. The number of hydrogen-bond donors (Lipinski definition) is 3. The molecule has 6 nitrogen and oxygen atoms in total. The molecule has 0 saturated carbocycles. The second kappa shape index (κ2) is 8.09. The van der Waals surface area contributed by atoms with E-state index >= 15 is 0 Å². The average molecular weight is 384 g/mol. The first-order chi connectivity index (χ1) is 11.8. The van der Waals surface area contributed by atoms with Crippen LogP contribution in [0, 0.1) is 0 Å². The van der Waals surface area contributed by atoms with Crippen LogP contribution in [0.5, 0.6) is 17.2 Å². The second-order valence-corrected chi connectivity index (χ2v) is 5.91. The molecule has 0 saturated heterocycles. The van der Waals surface area contributed by atoms with Crippen molar-refractivity contribution >= 4 is 35.1 Å². The van der Waals surface area contributed by atoms with Crippen LogP contribution in [0.3, 0.4) is 0 Å². The number of amides is 1. The van der Waals surface area contributed by atoms with Crippen molar-refractivity contribution in [3.8, 4) is 17.2 Å². The maximum absolute atomic E-state index is 11.9. The van der Waals surface area contributed by atoms with E-state index in [0.29, 0.717) is 17.7 Å². The standard InChI is InChI=1S/C17H15Cl2NO5/c1-2-9-5-11(3-4-14(9)21)25-16-12(18)6-10(7-13(16)19)17(24)20-8-15(22)23/h3-7,21H,2,8H2,1H3,(H,20,24)(H,22,23). The predicted octanol–water partition coefficient (Wildman–Crippen LogP) is 3.87. The van der Waals surface area contributed by atoms with E-state index < -0.39 is 18.4 Å². The van der Waals surface area contributed by atoms with Crippen LogP contribution < -0.4 is 10.1 Å². The lowest BCUT2D eigenvalue weighted by molar-refractivity contribution is -0.135. The molecular weight excluding hydrogens is 369 g/mol. The van der Waals surface area contributed by atoms with Crippen LogP contribution in [0.25, 0.3) is 0 Å². The summed E-state index contributed by atoms with van der Waals surface area (Å²) in [5.41, 5.74) is 0.818. The number of nitrogens with one attached hydrogen (secondary N) is 1. The first-order valence-corrected chi connectivity index (χ1v) is 8.06. The number of halogens is 2. The molecule has 0 aliphatic heterocycles. The third-order valence-corrected chi connectivity index (χ3v) is 3.87. The summed E-state index contributed by atoms with van der Waals surface area (Å²) in [7, 11) is 0. The van der Waals surface area contributed by atoms with Gasteiger partial charge in [-0.25, -0.2) is 0 Å². The van der Waals surface area contributed by atoms with Crippen molar-refractivity contribution in [1.29, 1.82) is 0 Å². The van der Waals surface area contributed by atoms with E-state index in [0.717, 1.165) is 0 Å². The number of carboxylic acid groups (broad SMARTS) is 1. The fourth-order valence-corrected chi connectivity index (χ4v) is 2.64. The van der Waals surface area contributed by atoms with E-state index in [1.54, 1.807) is 12.1 Å². The van der Waals surface area contributed by atoms with Gasteiger partial charge in [-0.05, 0) is 42.3 Å². The molecule has 2 rings (SSSR count). The lowest BCUT2D eigenvalue weighted by atomic mass is 10.1. The van der Waals surface area contributed by atoms with Crippen molar-refractivity contribution in [2.75, 3.05) is 6.54 Å². The van der Waals surface area contributed by atoms with Gasteiger partial charge in [0.2, 0.25) is 0 Å². The summed E-state index contributed by atoms with van der Waals surface area (Å²) in [4.78, 5) is 22.4. The van der Waals surface area contributed by atoms with Crippen LogP contribution in [0.15, 0.2) is 30.3 Å². The molecule has 0 unspecified atom stereocenters. The van der Waals surface area contributed by atoms with Crippen molar-refractivity contribution in [2.45, 2.75) is 13.3 Å². The van der Waals surface area contributed by atoms with Crippen molar-refractivity contribution < 1.29 is 24.5 Å². The third-order valence-electron chi connectivity index (χ3n) is 3.31. The molecule has 0 radical (unpaired) electrons. The zero-order valence-corrected chi connectivity index (χ0v) is 14.7. The van der Waals surface area contributed by atoms with Gasteiger partial charge in [-0.2, -0.15) is 0 Å². The van der Waals surface area contributed by atoms with E-state index in [-0.39, 0.29) is 27.1 Å². The zero-order chi connectivity index (χ0) is 18.6. The Labute approximate surface area is 153 Å². The monoisotopic (exact) mass is 383 g/mol. The Morgan fingerprint density at radius 3 is 2.36 bits per heavy atom. The highest BCUT2D eigenvalue weighted by Crippen LogP contribution is 2.38. The molecule has 2 aromatic rings. The van der Waals surface area contributed by atoms with Crippen LogP contribution in [0.1, 0.15) is 22.8 Å². The van der Waals surface area contributed by atoms with Crippen molar-refractivity contribution in [1.82, 2.24) is 5.32 Å². The van der Waals surface area contributed by atoms with Gasteiger partial charge in [0, 0.05) is 5.56 Å². The fraction of sp³-hybridized carbons (Fsp3) is 0.176. The topological polar surface area (TPSA) is 95.9 Å². The summed E-state index contributed by atoms with van der Waals surface area (Å²) < 4.78 is 5.67. The summed E-state index contributed by atoms with van der Waals surface area (Å²) in [5.74, 6) is -1.02. The maximum Gasteiger partial charge on any atom is 0.322 e. The minimum absolute atomic E-state index is 0.0964. The van der Waals surface area contributed by atoms with Gasteiger partial charge in [-0.1, -0.05) is 30.1 Å². The van der Waals surface area contributed by atoms with E-state index in [1.807, 2.05) is 6.92 Å². The summed E-state index contributed by atoms with van der Waals surface area (Å²) >= 11 is 12.3. The molecule has 0 aliphatic rings. The third kappa shape index (κ3) is 4.78. The van der Waals surface area contributed by atoms with E-state index in [9.17, 15) is 14.7 Å². The van der Waals surface area contributed by atoms with Gasteiger partial charge < -0.3 is 20.3 Å². The van der Waals surface area contributed by atoms with E-state index in [1.165, 1.54) is 18.2 Å². The first kappa shape index (κ1) is 18.9. The molecule has 3 N–H and O–H groups in total. The first-order valence-electron chi connectivity index (χ1n) is 7.30. The summed E-state index contributed by atoms with van der Waals surface area (Å²) in [6, 6.07) is 7.40. The van der Waals surface area contributed by atoms with Crippen LogP contribution in [-0.2, 0) is 11.2 Å². The zero-order valence-electron chi connectivity index (χ0n) is 13.2. The molecule has 2 aromatic carbocycles. The number of aliphatic carboxylic acids is 1. The molecule has 8 heteroatoms. The predicted molar refractivity (Wildman–Crippen MR) is 94.0 cm³/mol. The minimum atomic E-state index is -1.16. The SMILES string of the molecule is CCc1cc(Oc2c(Cl)cc(C(=O)NCC(=O)O)cc2Cl)ccc1O. The number of benzene rings is 2. The molecule has 0 spiro atoms. The molecule has 0 bridgehead atoms. The smallest absolute Gasteiger partial charge is 0.322 e. The van der Waals surface area contributed by atoms with Gasteiger partial charge in [-0.15, -0.1) is 0 Å². The van der Waals surface area contributed by atoms with Gasteiger partial charge >= 0.3 is 5.97 Å². The van der Waals surface area contributed by atoms with Gasteiger partial charge in [-0.3, -0.25) is 9.59 Å². The minimum Gasteiger partial charge on any atom is -0.508 e. The summed E-state index contributed by atoms with van der Waals surface area (Å²) in [6.07, 6.45) is 0.618. The molecule has 25 heavy (non-hydrogen) atoms. The number of aromatic hydroxyl groups is 1. The van der Waals surface area contributed by atoms with Gasteiger partial charge in [0.1, 0.15) is 18.0 Å². The van der Waals surface area contributed by atoms with Crippen molar-refractivity contribution in [3.63, 3.8) is 0 Å². The Kier molecular flexibility index (Phi) is 6.12. The molecule has 0 atom stereocenters. The maximum atomic E-state index is 11.9. The summed E-state index contributed by atoms with van der Waals surface area (Å²) in [5, 5.41) is 20.7. The Hall–Kier alpha value is -2.44. The van der Waals surface area contributed by atoms with Crippen LogP contribution >= 0.6 is 23.2 Å². The number of aryl methyl sites for hydroxylation is 1. The fourth-order valence-electron chi connectivity index (χ4n) is 2.07. The van der Waals surface area contributed by atoms with Crippen molar-refractivity contribution in [2.24, 2.45) is 0 Å². The van der Waals surface area contributed by atoms with Crippen LogP contribution in [0.4, 0.5) is 0 Å². The number of carbonyl (C=O) groups is 2. The number of rotatable bonds is 6. The van der Waals surface area contributed by atoms with Gasteiger partial charge in [0.25, 0.3) is 5.91 Å². The normalized spacial score (nSPS) is 10.4. The molecule has 0 heterocycles. The van der Waals surface area contributed by atoms with Crippen molar-refractivity contribution in [3.05, 3.63) is 51.5 Å². The molecule has 0 fully saturated rings. The Morgan fingerprint density at radius 1 is 1.16 bits per heavy atom. The van der Waals surface area contributed by atoms with E-state index in [4.69, 9.17) is 33.0 Å². The highest BCUT2D eigenvalue weighted by Gasteiger charge is 2.16. The lowest BCUT2D eigenvalue weighted by Gasteiger charge is -2.12. The Balaban J connectivity index is 2.25.